The van der Waals surface area contributed by atoms with Crippen molar-refractivity contribution in [1.29, 1.82) is 0 Å². The maximum atomic E-state index is 13.7. The number of piperidine rings is 3. The Morgan fingerprint density at radius 1 is 0.939 bits per heavy atom. The molecule has 1 amide bonds. The van der Waals surface area contributed by atoms with E-state index < -0.39 is 12.1 Å². The van der Waals surface area contributed by atoms with Crippen molar-refractivity contribution in [2.24, 2.45) is 5.92 Å². The van der Waals surface area contributed by atoms with Gasteiger partial charge in [-0.25, -0.2) is 9.59 Å². The Hall–Kier alpha value is -4.31. The van der Waals surface area contributed by atoms with E-state index in [0.717, 1.165) is 49.3 Å². The second-order valence-electron chi connectivity index (χ2n) is 12.5. The summed E-state index contributed by atoms with van der Waals surface area (Å²) < 4.78 is 23.1. The minimum atomic E-state index is -0.762. The quantitative estimate of drug-likeness (QED) is 0.145. The van der Waals surface area contributed by atoms with Crippen molar-refractivity contribution in [2.75, 3.05) is 38.8 Å². The fraction of sp³-hybridized carbons (Fsp3) is 0.342. The number of hydrogen-bond donors (Lipinski definition) is 0. The van der Waals surface area contributed by atoms with Crippen LogP contribution in [0.4, 0.5) is 10.5 Å². The number of aromatic nitrogens is 1. The second-order valence-corrected chi connectivity index (χ2v) is 13.3. The minimum Gasteiger partial charge on any atom is -0.493 e. The van der Waals surface area contributed by atoms with Gasteiger partial charge >= 0.3 is 12.1 Å². The van der Waals surface area contributed by atoms with Crippen LogP contribution in [0.3, 0.4) is 0 Å². The monoisotopic (exact) mass is 703 g/mol. The summed E-state index contributed by atoms with van der Waals surface area (Å²) in [5.41, 5.74) is 4.23. The molecule has 2 bridgehead atoms. The number of aryl methyl sites for hydroxylation is 1. The summed E-state index contributed by atoms with van der Waals surface area (Å²) in [6.07, 6.45) is 4.05. The fourth-order valence-electron chi connectivity index (χ4n) is 6.52. The van der Waals surface area contributed by atoms with E-state index >= 15 is 0 Å². The molecule has 256 valence electrons. The number of rotatable bonds is 11. The van der Waals surface area contributed by atoms with Gasteiger partial charge in [0, 0.05) is 31.0 Å². The van der Waals surface area contributed by atoms with Crippen molar-refractivity contribution in [3.05, 3.63) is 117 Å². The van der Waals surface area contributed by atoms with Gasteiger partial charge in [-0.1, -0.05) is 53.5 Å². The van der Waals surface area contributed by atoms with Crippen LogP contribution in [0.5, 0.6) is 11.5 Å². The number of ether oxygens (including phenoxy) is 4. The minimum absolute atomic E-state index is 0.116. The van der Waals surface area contributed by atoms with Crippen molar-refractivity contribution >= 4 is 41.0 Å². The molecule has 0 radical (unpaired) electrons. The van der Waals surface area contributed by atoms with E-state index in [1.165, 1.54) is 12.4 Å². The molecule has 2 atom stereocenters. The van der Waals surface area contributed by atoms with Gasteiger partial charge in [0.1, 0.15) is 12.2 Å². The standard InChI is InChI=1S/C38H39Cl2N3O6/c1-24-5-4-6-29(17-24)43(38(45)49-36-23-42-15-13-26(36)14-16-42)22-25-7-9-27(10-8-25)37(44)48-34(19-30-31(39)20-41-21-32(30)40)28-11-12-33(46-2)35(18-28)47-3/h4-12,17-18,20-21,26,34,36H,13-16,19,22-23H2,1-3H3/t34-,36-/m0/s1. The highest BCUT2D eigenvalue weighted by Crippen LogP contribution is 2.36. The first-order valence-electron chi connectivity index (χ1n) is 16.3. The van der Waals surface area contributed by atoms with Crippen LogP contribution in [0.15, 0.2) is 79.1 Å². The molecule has 1 aromatic heterocycles. The first-order valence-corrected chi connectivity index (χ1v) is 17.0. The summed E-state index contributed by atoms with van der Waals surface area (Å²) in [4.78, 5) is 35.4. The molecule has 11 heteroatoms. The molecule has 3 saturated heterocycles. The lowest BCUT2D eigenvalue weighted by Crippen LogP contribution is -2.53. The molecule has 4 heterocycles. The molecule has 0 spiro atoms. The van der Waals surface area contributed by atoms with E-state index in [1.807, 2.05) is 43.3 Å². The van der Waals surface area contributed by atoms with Gasteiger partial charge < -0.3 is 18.9 Å². The molecule has 0 N–H and O–H groups in total. The zero-order valence-corrected chi connectivity index (χ0v) is 29.2. The van der Waals surface area contributed by atoms with Crippen molar-refractivity contribution in [1.82, 2.24) is 9.88 Å². The van der Waals surface area contributed by atoms with Crippen LogP contribution in [-0.4, -0.2) is 61.9 Å². The van der Waals surface area contributed by atoms with Crippen LogP contribution in [0.25, 0.3) is 0 Å². The number of fused-ring (bicyclic) bond motifs is 3. The van der Waals surface area contributed by atoms with Gasteiger partial charge in [-0.05, 0) is 97.4 Å². The number of carbonyl (C=O) groups is 2. The van der Waals surface area contributed by atoms with Crippen LogP contribution in [0.2, 0.25) is 10.0 Å². The smallest absolute Gasteiger partial charge is 0.414 e. The number of benzene rings is 3. The predicted octanol–water partition coefficient (Wildman–Crippen LogP) is 8.09. The number of amides is 1. The Bertz CT molecular complexity index is 1770. The van der Waals surface area contributed by atoms with Gasteiger partial charge in [0.25, 0.3) is 0 Å². The van der Waals surface area contributed by atoms with Crippen LogP contribution < -0.4 is 14.4 Å². The number of carbonyl (C=O) groups excluding carboxylic acids is 2. The summed E-state index contributed by atoms with van der Waals surface area (Å²) in [5.74, 6) is 0.888. The van der Waals surface area contributed by atoms with E-state index in [0.29, 0.717) is 44.2 Å². The topological polar surface area (TPSA) is 90.4 Å². The zero-order valence-electron chi connectivity index (χ0n) is 27.7. The predicted molar refractivity (Wildman–Crippen MR) is 189 cm³/mol. The highest BCUT2D eigenvalue weighted by atomic mass is 35.5. The number of halogens is 2. The van der Waals surface area contributed by atoms with Gasteiger partial charge in [0.15, 0.2) is 11.5 Å². The Labute approximate surface area is 296 Å². The summed E-state index contributed by atoms with van der Waals surface area (Å²) in [6.45, 7) is 5.17. The molecule has 3 aliphatic rings. The molecule has 3 fully saturated rings. The molecule has 0 saturated carbocycles. The Morgan fingerprint density at radius 2 is 1.65 bits per heavy atom. The maximum absolute atomic E-state index is 13.7. The lowest BCUT2D eigenvalue weighted by molar-refractivity contribution is -0.0311. The number of nitrogens with zero attached hydrogens (tertiary/aromatic N) is 3. The van der Waals surface area contributed by atoms with E-state index in [4.69, 9.17) is 42.1 Å². The third-order valence-corrected chi connectivity index (χ3v) is 9.93. The van der Waals surface area contributed by atoms with Crippen LogP contribution in [0, 0.1) is 12.8 Å². The molecular formula is C38H39Cl2N3O6. The average molecular weight is 705 g/mol. The van der Waals surface area contributed by atoms with E-state index in [2.05, 4.69) is 9.88 Å². The van der Waals surface area contributed by atoms with Gasteiger partial charge in [0.05, 0.1) is 36.4 Å². The molecule has 49 heavy (non-hydrogen) atoms. The average Bonchev–Trinajstić information content (AvgIpc) is 3.12. The SMILES string of the molecule is COc1ccc([C@H](Cc2c(Cl)cncc2Cl)OC(=O)c2ccc(CN(C(=O)O[C@H]3CN4CCC3CC4)c3cccc(C)c3)cc2)cc1OC. The van der Waals surface area contributed by atoms with Gasteiger partial charge in [0.2, 0.25) is 0 Å². The van der Waals surface area contributed by atoms with Gasteiger partial charge in [-0.3, -0.25) is 14.8 Å². The molecule has 0 unspecified atom stereocenters. The molecule has 3 aliphatic heterocycles. The molecular weight excluding hydrogens is 665 g/mol. The molecule has 7 rings (SSSR count). The zero-order chi connectivity index (χ0) is 34.5. The Morgan fingerprint density at radius 3 is 2.29 bits per heavy atom. The molecule has 3 aromatic carbocycles. The summed E-state index contributed by atoms with van der Waals surface area (Å²) in [6, 6.07) is 20.2. The van der Waals surface area contributed by atoms with Crippen LogP contribution in [-0.2, 0) is 22.4 Å². The van der Waals surface area contributed by atoms with Crippen molar-refractivity contribution < 1.29 is 28.5 Å². The number of anilines is 1. The number of hydrogen-bond acceptors (Lipinski definition) is 8. The normalized spacial score (nSPS) is 18.8. The van der Waals surface area contributed by atoms with Crippen molar-refractivity contribution in [3.8, 4) is 11.5 Å². The summed E-state index contributed by atoms with van der Waals surface area (Å²) in [5, 5.41) is 0.729. The maximum Gasteiger partial charge on any atom is 0.414 e. The Balaban J connectivity index is 1.21. The highest BCUT2D eigenvalue weighted by molar-refractivity contribution is 6.35. The number of esters is 1. The van der Waals surface area contributed by atoms with E-state index in [9.17, 15) is 9.59 Å². The molecule has 9 nitrogen and oxygen atoms in total. The first-order chi connectivity index (χ1) is 23.7. The van der Waals surface area contributed by atoms with Gasteiger partial charge in [-0.2, -0.15) is 0 Å². The second kappa shape index (κ2) is 15.5. The fourth-order valence-corrected chi connectivity index (χ4v) is 7.04. The number of pyridine rings is 1. The van der Waals surface area contributed by atoms with Crippen LogP contribution >= 0.6 is 23.2 Å². The van der Waals surface area contributed by atoms with Gasteiger partial charge in [-0.15, -0.1) is 0 Å². The van der Waals surface area contributed by atoms with E-state index in [-0.39, 0.29) is 25.2 Å². The first kappa shape index (κ1) is 34.5. The largest absolute Gasteiger partial charge is 0.493 e. The third-order valence-electron chi connectivity index (χ3n) is 9.28. The van der Waals surface area contributed by atoms with Crippen molar-refractivity contribution in [3.63, 3.8) is 0 Å². The summed E-state index contributed by atoms with van der Waals surface area (Å²) >= 11 is 12.9. The number of methoxy groups -OCH3 is 2. The molecule has 4 aromatic rings. The lowest BCUT2D eigenvalue weighted by atomic mass is 9.86. The molecule has 0 aliphatic carbocycles. The van der Waals surface area contributed by atoms with E-state index in [1.54, 1.807) is 49.5 Å². The summed E-state index contributed by atoms with van der Waals surface area (Å²) in [7, 11) is 3.09. The lowest BCUT2D eigenvalue weighted by Gasteiger charge is -2.44. The third kappa shape index (κ3) is 8.12. The van der Waals surface area contributed by atoms with Crippen LogP contribution in [0.1, 0.15) is 51.6 Å². The highest BCUT2D eigenvalue weighted by Gasteiger charge is 2.37. The Kier molecular flexibility index (Phi) is 10.9. The van der Waals surface area contributed by atoms with Crippen molar-refractivity contribution in [2.45, 2.75) is 44.9 Å².